The van der Waals surface area contributed by atoms with Crippen molar-refractivity contribution in [2.24, 2.45) is 0 Å². The molecule has 0 atom stereocenters. The molecular weight excluding hydrogens is 336 g/mol. The third-order valence-electron chi connectivity index (χ3n) is 3.40. The second-order valence-corrected chi connectivity index (χ2v) is 6.87. The number of thioether (sulfide) groups is 1. The fourth-order valence-electron chi connectivity index (χ4n) is 2.16. The minimum absolute atomic E-state index is 0.126. The average Bonchev–Trinajstić information content (AvgIpc) is 2.93. The number of amides is 2. The lowest BCUT2D eigenvalue weighted by Crippen LogP contribution is -2.42. The number of cyclic esters (lactones) is 1. The van der Waals surface area contributed by atoms with Gasteiger partial charge in [0.15, 0.2) is 0 Å². The fraction of sp³-hybridized carbons (Fsp3) is 0.500. The molecule has 0 radical (unpaired) electrons. The van der Waals surface area contributed by atoms with Gasteiger partial charge in [-0.2, -0.15) is 0 Å². The number of hydrogen-bond acceptors (Lipinski definition) is 4. The smallest absolute Gasteiger partial charge is 0.428 e. The molecule has 23 heavy (non-hydrogen) atoms. The Morgan fingerprint density at radius 3 is 2.65 bits per heavy atom. The monoisotopic (exact) mass is 356 g/mol. The molecule has 126 valence electrons. The van der Waals surface area contributed by atoms with Crippen molar-refractivity contribution >= 4 is 35.4 Å². The summed E-state index contributed by atoms with van der Waals surface area (Å²) in [4.78, 5) is 24.1. The van der Waals surface area contributed by atoms with Gasteiger partial charge in [0, 0.05) is 16.3 Å². The molecule has 7 heteroatoms. The largest absolute Gasteiger partial charge is 0.446 e. The van der Waals surface area contributed by atoms with Crippen molar-refractivity contribution in [1.29, 1.82) is 0 Å². The lowest BCUT2D eigenvalue weighted by molar-refractivity contribution is -0.124. The maximum atomic E-state index is 11.7. The zero-order valence-electron chi connectivity index (χ0n) is 12.9. The van der Waals surface area contributed by atoms with E-state index in [0.717, 1.165) is 36.5 Å². The van der Waals surface area contributed by atoms with Gasteiger partial charge < -0.3 is 4.74 Å². The molecule has 2 rings (SSSR count). The number of unbranched alkanes of at least 4 members (excludes halogenated alkanes) is 3. The van der Waals surface area contributed by atoms with Crippen molar-refractivity contribution in [2.45, 2.75) is 37.0 Å². The molecule has 1 aliphatic heterocycles. The Kier molecular flexibility index (Phi) is 7.55. The maximum absolute atomic E-state index is 11.7. The maximum Gasteiger partial charge on any atom is 0.428 e. The molecule has 0 bridgehead atoms. The standard InChI is InChI=1S/C16H21ClN2O3S/c17-13-6-8-14(9-7-13)23-12-4-2-1-3-5-15(20)18-19-10-11-22-16(19)21/h6-9H,1-5,10-12H2,(H,18,20). The normalized spacial score (nSPS) is 14.0. The van der Waals surface area contributed by atoms with Crippen LogP contribution in [-0.2, 0) is 9.53 Å². The van der Waals surface area contributed by atoms with Crippen molar-refractivity contribution in [3.05, 3.63) is 29.3 Å². The van der Waals surface area contributed by atoms with Crippen LogP contribution in [0.25, 0.3) is 0 Å². The summed E-state index contributed by atoms with van der Waals surface area (Å²) in [5.74, 6) is 0.937. The Morgan fingerprint density at radius 1 is 1.22 bits per heavy atom. The van der Waals surface area contributed by atoms with Gasteiger partial charge in [-0.15, -0.1) is 11.8 Å². The lowest BCUT2D eigenvalue weighted by atomic mass is 10.1. The van der Waals surface area contributed by atoms with Gasteiger partial charge in [-0.05, 0) is 42.9 Å². The van der Waals surface area contributed by atoms with E-state index >= 15 is 0 Å². The summed E-state index contributed by atoms with van der Waals surface area (Å²) >= 11 is 7.67. The van der Waals surface area contributed by atoms with Gasteiger partial charge in [-0.25, -0.2) is 9.80 Å². The van der Waals surface area contributed by atoms with Gasteiger partial charge in [-0.3, -0.25) is 10.2 Å². The van der Waals surface area contributed by atoms with Gasteiger partial charge in [0.25, 0.3) is 0 Å². The number of rotatable bonds is 9. The Labute approximate surface area is 145 Å². The summed E-state index contributed by atoms with van der Waals surface area (Å²) < 4.78 is 4.74. The lowest BCUT2D eigenvalue weighted by Gasteiger charge is -2.13. The van der Waals surface area contributed by atoms with Crippen LogP contribution in [-0.4, -0.2) is 35.9 Å². The number of carbonyl (C=O) groups is 2. The average molecular weight is 357 g/mol. The third-order valence-corrected chi connectivity index (χ3v) is 4.75. The highest BCUT2D eigenvalue weighted by atomic mass is 35.5. The van der Waals surface area contributed by atoms with Gasteiger partial charge in [0.2, 0.25) is 5.91 Å². The second-order valence-electron chi connectivity index (χ2n) is 5.27. The first-order chi connectivity index (χ1) is 11.1. The summed E-state index contributed by atoms with van der Waals surface area (Å²) in [7, 11) is 0. The van der Waals surface area contributed by atoms with Crippen LogP contribution in [0.1, 0.15) is 32.1 Å². The minimum Gasteiger partial charge on any atom is -0.446 e. The van der Waals surface area contributed by atoms with Crippen LogP contribution < -0.4 is 5.43 Å². The number of nitrogens with one attached hydrogen (secondary N) is 1. The topological polar surface area (TPSA) is 58.6 Å². The second kappa shape index (κ2) is 9.67. The zero-order chi connectivity index (χ0) is 16.5. The van der Waals surface area contributed by atoms with Crippen LogP contribution in [0.3, 0.4) is 0 Å². The molecular formula is C16H21ClN2O3S. The van der Waals surface area contributed by atoms with E-state index in [1.54, 1.807) is 0 Å². The van der Waals surface area contributed by atoms with Gasteiger partial charge in [0.1, 0.15) is 6.61 Å². The molecule has 0 saturated carbocycles. The number of hydrogen-bond donors (Lipinski definition) is 1. The molecule has 0 spiro atoms. The van der Waals surface area contributed by atoms with Gasteiger partial charge in [-0.1, -0.05) is 24.4 Å². The SMILES string of the molecule is O=C(CCCCCCSc1ccc(Cl)cc1)NN1CCOC1=O. The minimum atomic E-state index is -0.474. The van der Waals surface area contributed by atoms with Crippen LogP contribution >= 0.6 is 23.4 Å². The predicted octanol–water partition coefficient (Wildman–Crippen LogP) is 3.87. The quantitative estimate of drug-likeness (QED) is 0.539. The summed E-state index contributed by atoms with van der Waals surface area (Å²) in [5.41, 5.74) is 2.56. The molecule has 0 aromatic heterocycles. The molecule has 1 saturated heterocycles. The zero-order valence-corrected chi connectivity index (χ0v) is 14.5. The Balaban J connectivity index is 1.46. The summed E-state index contributed by atoms with van der Waals surface area (Å²) in [6.07, 6.45) is 4.03. The Hall–Kier alpha value is -1.40. The first-order valence-electron chi connectivity index (χ1n) is 7.77. The molecule has 1 aromatic rings. The Bertz CT molecular complexity index is 525. The van der Waals surface area contributed by atoms with E-state index in [4.69, 9.17) is 16.3 Å². The van der Waals surface area contributed by atoms with Gasteiger partial charge in [0.05, 0.1) is 6.54 Å². The van der Waals surface area contributed by atoms with E-state index in [1.807, 2.05) is 36.0 Å². The number of benzene rings is 1. The first-order valence-corrected chi connectivity index (χ1v) is 9.13. The molecule has 1 heterocycles. The highest BCUT2D eigenvalue weighted by molar-refractivity contribution is 7.99. The number of ether oxygens (including phenoxy) is 1. The van der Waals surface area contributed by atoms with Crippen LogP contribution in [0, 0.1) is 0 Å². The number of hydrazine groups is 1. The van der Waals surface area contributed by atoms with Crippen molar-refractivity contribution < 1.29 is 14.3 Å². The molecule has 1 fully saturated rings. The number of carbonyl (C=O) groups excluding carboxylic acids is 2. The van der Waals surface area contributed by atoms with E-state index in [9.17, 15) is 9.59 Å². The van der Waals surface area contributed by atoms with Crippen LogP contribution in [0.4, 0.5) is 4.79 Å². The molecule has 1 aliphatic rings. The third kappa shape index (κ3) is 6.71. The van der Waals surface area contributed by atoms with Crippen molar-refractivity contribution in [1.82, 2.24) is 10.4 Å². The van der Waals surface area contributed by atoms with Crippen LogP contribution in [0.15, 0.2) is 29.2 Å². The molecule has 1 aromatic carbocycles. The Morgan fingerprint density at radius 2 is 1.96 bits per heavy atom. The van der Waals surface area contributed by atoms with Crippen molar-refractivity contribution in [3.8, 4) is 0 Å². The summed E-state index contributed by atoms with van der Waals surface area (Å²) in [5, 5.41) is 1.99. The predicted molar refractivity (Wildman–Crippen MR) is 91.5 cm³/mol. The summed E-state index contributed by atoms with van der Waals surface area (Å²) in [6.45, 7) is 0.761. The molecule has 0 aliphatic carbocycles. The molecule has 2 amide bonds. The van der Waals surface area contributed by atoms with Gasteiger partial charge >= 0.3 is 6.09 Å². The van der Waals surface area contributed by atoms with E-state index in [1.165, 1.54) is 9.90 Å². The highest BCUT2D eigenvalue weighted by Crippen LogP contribution is 2.21. The van der Waals surface area contributed by atoms with E-state index < -0.39 is 6.09 Å². The number of nitrogens with zero attached hydrogens (tertiary/aromatic N) is 1. The van der Waals surface area contributed by atoms with E-state index in [0.29, 0.717) is 19.6 Å². The van der Waals surface area contributed by atoms with E-state index in [-0.39, 0.29) is 5.91 Å². The molecule has 5 nitrogen and oxygen atoms in total. The fourth-order valence-corrected chi connectivity index (χ4v) is 3.20. The van der Waals surface area contributed by atoms with Crippen LogP contribution in [0.5, 0.6) is 0 Å². The molecule has 1 N–H and O–H groups in total. The molecule has 0 unspecified atom stereocenters. The first kappa shape index (κ1) is 17.9. The number of halogens is 1. The van der Waals surface area contributed by atoms with Crippen LogP contribution in [0.2, 0.25) is 5.02 Å². The van der Waals surface area contributed by atoms with Crippen molar-refractivity contribution in [3.63, 3.8) is 0 Å². The van der Waals surface area contributed by atoms with E-state index in [2.05, 4.69) is 5.43 Å². The summed E-state index contributed by atoms with van der Waals surface area (Å²) in [6, 6.07) is 7.86. The van der Waals surface area contributed by atoms with Crippen molar-refractivity contribution in [2.75, 3.05) is 18.9 Å². The highest BCUT2D eigenvalue weighted by Gasteiger charge is 2.23.